The highest BCUT2D eigenvalue weighted by Gasteiger charge is 2.00. The smallest absolute Gasteiger partial charge is 0.0587 e. The summed E-state index contributed by atoms with van der Waals surface area (Å²) < 4.78 is 5.45. The first-order valence-corrected chi connectivity index (χ1v) is 4.48. The Bertz CT molecular complexity index is 206. The van der Waals surface area contributed by atoms with E-state index in [2.05, 4.69) is 31.2 Å². The van der Waals surface area contributed by atoms with Gasteiger partial charge in [0.2, 0.25) is 0 Å². The van der Waals surface area contributed by atoms with E-state index in [4.69, 9.17) is 4.74 Å². The zero-order valence-electron chi connectivity index (χ0n) is 7.79. The quantitative estimate of drug-likeness (QED) is 0.664. The largest absolute Gasteiger partial charge is 0.378 e. The number of hydrogen-bond donors (Lipinski definition) is 0. The van der Waals surface area contributed by atoms with E-state index in [1.165, 1.54) is 5.56 Å². The van der Waals surface area contributed by atoms with E-state index < -0.39 is 0 Å². The fraction of sp³-hybridized carbons (Fsp3) is 0.455. The minimum atomic E-state index is 0.331. The van der Waals surface area contributed by atoms with Crippen LogP contribution in [-0.4, -0.2) is 12.7 Å². The molecule has 0 N–H and O–H groups in total. The molecule has 1 aromatic carbocycles. The predicted molar refractivity (Wildman–Crippen MR) is 51.2 cm³/mol. The zero-order valence-corrected chi connectivity index (χ0v) is 7.79. The Kier molecular flexibility index (Phi) is 3.81. The highest BCUT2D eigenvalue weighted by Crippen LogP contribution is 2.04. The number of hydrogen-bond acceptors (Lipinski definition) is 1. The summed E-state index contributed by atoms with van der Waals surface area (Å²) in [4.78, 5) is 0. The van der Waals surface area contributed by atoms with Crippen LogP contribution in [0.25, 0.3) is 0 Å². The number of ether oxygens (including phenoxy) is 1. The van der Waals surface area contributed by atoms with E-state index >= 15 is 0 Å². The predicted octanol–water partition coefficient (Wildman–Crippen LogP) is 2.65. The van der Waals surface area contributed by atoms with Crippen LogP contribution in [0, 0.1) is 0 Å². The molecule has 1 heteroatoms. The van der Waals surface area contributed by atoms with Gasteiger partial charge in [0.15, 0.2) is 0 Å². The lowest BCUT2D eigenvalue weighted by Crippen LogP contribution is -2.10. The Balaban J connectivity index is 2.41. The van der Waals surface area contributed by atoms with Gasteiger partial charge < -0.3 is 4.74 Å². The second-order valence-corrected chi connectivity index (χ2v) is 2.96. The third kappa shape index (κ3) is 3.05. The molecule has 0 radical (unpaired) electrons. The average Bonchev–Trinajstić information content (AvgIpc) is 2.06. The summed E-state index contributed by atoms with van der Waals surface area (Å²) in [5, 5.41) is 0. The first kappa shape index (κ1) is 9.27. The van der Waals surface area contributed by atoms with E-state index in [-0.39, 0.29) is 0 Å². The molecule has 0 bridgehead atoms. The van der Waals surface area contributed by atoms with E-state index in [0.717, 1.165) is 13.0 Å². The van der Waals surface area contributed by atoms with Gasteiger partial charge in [0.1, 0.15) is 0 Å². The Morgan fingerprint density at radius 3 is 2.50 bits per heavy atom. The first-order chi connectivity index (χ1) is 5.83. The molecule has 0 fully saturated rings. The highest BCUT2D eigenvalue weighted by molar-refractivity contribution is 5.15. The van der Waals surface area contributed by atoms with Crippen molar-refractivity contribution in [1.29, 1.82) is 0 Å². The molecule has 0 amide bonds. The zero-order chi connectivity index (χ0) is 8.81. The van der Waals surface area contributed by atoms with Crippen LogP contribution in [0.3, 0.4) is 0 Å². The summed E-state index contributed by atoms with van der Waals surface area (Å²) in [6.45, 7) is 4.94. The molecule has 0 unspecified atom stereocenters. The van der Waals surface area contributed by atoms with Gasteiger partial charge in [-0.1, -0.05) is 30.3 Å². The number of benzene rings is 1. The van der Waals surface area contributed by atoms with Crippen molar-refractivity contribution in [1.82, 2.24) is 0 Å². The van der Waals surface area contributed by atoms with Crippen molar-refractivity contribution in [3.05, 3.63) is 35.9 Å². The lowest BCUT2D eigenvalue weighted by molar-refractivity contribution is 0.0768. The van der Waals surface area contributed by atoms with E-state index in [9.17, 15) is 0 Å². The summed E-state index contributed by atoms with van der Waals surface area (Å²) in [5.74, 6) is 0. The molecule has 0 saturated carbocycles. The first-order valence-electron chi connectivity index (χ1n) is 4.48. The standard InChI is InChI=1S/C11H16O/c1-3-12-10(2)9-11-7-5-4-6-8-11/h4-8,10H,3,9H2,1-2H3/t10-/m0/s1. The molecule has 0 heterocycles. The molecule has 1 rings (SSSR count). The second-order valence-electron chi connectivity index (χ2n) is 2.96. The molecule has 0 saturated heterocycles. The Morgan fingerprint density at radius 1 is 1.25 bits per heavy atom. The Hall–Kier alpha value is -0.820. The molecule has 1 nitrogen and oxygen atoms in total. The highest BCUT2D eigenvalue weighted by atomic mass is 16.5. The topological polar surface area (TPSA) is 9.23 Å². The van der Waals surface area contributed by atoms with E-state index in [1.54, 1.807) is 0 Å². The van der Waals surface area contributed by atoms with Crippen molar-refractivity contribution in [2.45, 2.75) is 26.4 Å². The lowest BCUT2D eigenvalue weighted by Gasteiger charge is -2.10. The molecule has 0 spiro atoms. The van der Waals surface area contributed by atoms with Gasteiger partial charge in [0.05, 0.1) is 6.10 Å². The SMILES string of the molecule is CCO[C@@H](C)Cc1ccccc1. The van der Waals surface area contributed by atoms with Gasteiger partial charge >= 0.3 is 0 Å². The molecule has 1 aromatic rings. The van der Waals surface area contributed by atoms with Gasteiger partial charge in [0, 0.05) is 6.61 Å². The summed E-state index contributed by atoms with van der Waals surface area (Å²) in [7, 11) is 0. The van der Waals surface area contributed by atoms with Crippen LogP contribution in [0.5, 0.6) is 0 Å². The van der Waals surface area contributed by atoms with Crippen LogP contribution in [0.2, 0.25) is 0 Å². The van der Waals surface area contributed by atoms with Crippen LogP contribution in [0.4, 0.5) is 0 Å². The van der Waals surface area contributed by atoms with Gasteiger partial charge in [-0.25, -0.2) is 0 Å². The second kappa shape index (κ2) is 4.94. The summed E-state index contributed by atoms with van der Waals surface area (Å²) >= 11 is 0. The van der Waals surface area contributed by atoms with Crippen molar-refractivity contribution >= 4 is 0 Å². The molecule has 1 atom stereocenters. The molecular formula is C11H16O. The maximum Gasteiger partial charge on any atom is 0.0587 e. The maximum atomic E-state index is 5.45. The summed E-state index contributed by atoms with van der Waals surface area (Å²) in [5.41, 5.74) is 1.35. The van der Waals surface area contributed by atoms with Gasteiger partial charge in [-0.2, -0.15) is 0 Å². The van der Waals surface area contributed by atoms with Crippen LogP contribution >= 0.6 is 0 Å². The third-order valence-electron chi connectivity index (χ3n) is 1.82. The number of rotatable bonds is 4. The molecular weight excluding hydrogens is 148 g/mol. The molecule has 0 aliphatic carbocycles. The van der Waals surface area contributed by atoms with Gasteiger partial charge in [-0.15, -0.1) is 0 Å². The van der Waals surface area contributed by atoms with Crippen LogP contribution < -0.4 is 0 Å². The average molecular weight is 164 g/mol. The minimum Gasteiger partial charge on any atom is -0.378 e. The summed E-state index contributed by atoms with van der Waals surface area (Å²) in [6.07, 6.45) is 1.34. The third-order valence-corrected chi connectivity index (χ3v) is 1.82. The van der Waals surface area contributed by atoms with Gasteiger partial charge in [-0.3, -0.25) is 0 Å². The van der Waals surface area contributed by atoms with Crippen molar-refractivity contribution in [3.63, 3.8) is 0 Å². The normalized spacial score (nSPS) is 12.8. The fourth-order valence-electron chi connectivity index (χ4n) is 1.29. The molecule has 0 aliphatic rings. The van der Waals surface area contributed by atoms with Crippen molar-refractivity contribution < 1.29 is 4.74 Å². The van der Waals surface area contributed by atoms with Crippen LogP contribution in [0.15, 0.2) is 30.3 Å². The van der Waals surface area contributed by atoms with Gasteiger partial charge in [0.25, 0.3) is 0 Å². The van der Waals surface area contributed by atoms with Gasteiger partial charge in [-0.05, 0) is 25.8 Å². The summed E-state index contributed by atoms with van der Waals surface area (Å²) in [6, 6.07) is 10.4. The lowest BCUT2D eigenvalue weighted by atomic mass is 10.1. The van der Waals surface area contributed by atoms with E-state index in [0.29, 0.717) is 6.10 Å². The van der Waals surface area contributed by atoms with Crippen molar-refractivity contribution in [3.8, 4) is 0 Å². The van der Waals surface area contributed by atoms with Crippen molar-refractivity contribution in [2.75, 3.05) is 6.61 Å². The van der Waals surface area contributed by atoms with E-state index in [1.807, 2.05) is 13.0 Å². The van der Waals surface area contributed by atoms with Crippen LogP contribution in [0.1, 0.15) is 19.4 Å². The molecule has 66 valence electrons. The fourth-order valence-corrected chi connectivity index (χ4v) is 1.29. The molecule has 0 aliphatic heterocycles. The van der Waals surface area contributed by atoms with Crippen LogP contribution in [-0.2, 0) is 11.2 Å². The Labute approximate surface area is 74.4 Å². The van der Waals surface area contributed by atoms with Crippen molar-refractivity contribution in [2.24, 2.45) is 0 Å². The molecule has 0 aromatic heterocycles. The minimum absolute atomic E-state index is 0.331. The Morgan fingerprint density at radius 2 is 1.92 bits per heavy atom. The maximum absolute atomic E-state index is 5.45. The monoisotopic (exact) mass is 164 g/mol. The molecule has 12 heavy (non-hydrogen) atoms.